The van der Waals surface area contributed by atoms with Crippen molar-refractivity contribution in [1.29, 1.82) is 0 Å². The average molecular weight is 450 g/mol. The fraction of sp³-hybridized carbons (Fsp3) is 0.364. The van der Waals surface area contributed by atoms with Crippen LogP contribution in [0.4, 0.5) is 0 Å². The Morgan fingerprint density at radius 3 is 2.60 bits per heavy atom. The van der Waals surface area contributed by atoms with Gasteiger partial charge in [0.1, 0.15) is 5.60 Å². The van der Waals surface area contributed by atoms with Crippen molar-refractivity contribution in [2.75, 3.05) is 12.4 Å². The zero-order valence-corrected chi connectivity index (χ0v) is 18.9. The second-order valence-electron chi connectivity index (χ2n) is 7.48. The van der Waals surface area contributed by atoms with Gasteiger partial charge in [0.05, 0.1) is 21.2 Å². The minimum Gasteiger partial charge on any atom is -0.465 e. The first kappa shape index (κ1) is 23.7. The van der Waals surface area contributed by atoms with Crippen LogP contribution in [0.15, 0.2) is 41.4 Å². The molecule has 1 heterocycles. The van der Waals surface area contributed by atoms with E-state index < -0.39 is 21.4 Å². The Hall–Kier alpha value is -2.56. The maximum Gasteiger partial charge on any atom is 0.344 e. The lowest BCUT2D eigenvalue weighted by molar-refractivity contribution is -0.157. The molecule has 160 valence electrons. The van der Waals surface area contributed by atoms with Crippen molar-refractivity contribution in [3.8, 4) is 17.7 Å². The van der Waals surface area contributed by atoms with Gasteiger partial charge < -0.3 is 9.47 Å². The van der Waals surface area contributed by atoms with E-state index in [1.165, 1.54) is 12.3 Å². The molecular formula is C22H24ClNO5S. The lowest BCUT2D eigenvalue weighted by atomic mass is 10.2. The maximum atomic E-state index is 12.3. The third-order valence-corrected chi connectivity index (χ3v) is 5.70. The van der Waals surface area contributed by atoms with Crippen LogP contribution in [-0.4, -0.2) is 37.3 Å². The van der Waals surface area contributed by atoms with E-state index in [0.29, 0.717) is 22.6 Å². The van der Waals surface area contributed by atoms with Crippen molar-refractivity contribution in [2.24, 2.45) is 0 Å². The van der Waals surface area contributed by atoms with E-state index >= 15 is 0 Å². The van der Waals surface area contributed by atoms with Crippen LogP contribution in [0.3, 0.4) is 0 Å². The largest absolute Gasteiger partial charge is 0.465 e. The van der Waals surface area contributed by atoms with Gasteiger partial charge in [-0.05, 0) is 51.5 Å². The van der Waals surface area contributed by atoms with Gasteiger partial charge >= 0.3 is 5.97 Å². The van der Waals surface area contributed by atoms with Gasteiger partial charge in [0.25, 0.3) is 0 Å². The summed E-state index contributed by atoms with van der Waals surface area (Å²) in [5.74, 6) is 5.45. The highest BCUT2D eigenvalue weighted by Crippen LogP contribution is 2.20. The predicted molar refractivity (Wildman–Crippen MR) is 115 cm³/mol. The molecule has 30 heavy (non-hydrogen) atoms. The van der Waals surface area contributed by atoms with E-state index in [-0.39, 0.29) is 23.1 Å². The molecule has 0 spiro atoms. The van der Waals surface area contributed by atoms with E-state index in [1.807, 2.05) is 6.92 Å². The molecule has 0 fully saturated rings. The van der Waals surface area contributed by atoms with Gasteiger partial charge in [0.2, 0.25) is 5.88 Å². The molecule has 6 nitrogen and oxygen atoms in total. The van der Waals surface area contributed by atoms with Gasteiger partial charge in [-0.3, -0.25) is 0 Å². The number of benzene rings is 1. The molecule has 0 amide bonds. The molecule has 0 radical (unpaired) electrons. The molecule has 2 rings (SSSR count). The van der Waals surface area contributed by atoms with Crippen molar-refractivity contribution in [2.45, 2.75) is 44.6 Å². The normalized spacial score (nSPS) is 11.4. The molecule has 1 aromatic carbocycles. The summed E-state index contributed by atoms with van der Waals surface area (Å²) in [6.45, 7) is 6.77. The van der Waals surface area contributed by atoms with E-state index in [0.717, 1.165) is 0 Å². The summed E-state index contributed by atoms with van der Waals surface area (Å²) in [5, 5.41) is 0.350. The van der Waals surface area contributed by atoms with Gasteiger partial charge in [0.15, 0.2) is 16.4 Å². The third kappa shape index (κ3) is 7.36. The van der Waals surface area contributed by atoms with Gasteiger partial charge in [-0.15, -0.1) is 0 Å². The van der Waals surface area contributed by atoms with Crippen LogP contribution in [0.1, 0.15) is 45.2 Å². The quantitative estimate of drug-likeness (QED) is 0.489. The number of ether oxygens (including phenoxy) is 2. The number of esters is 1. The molecule has 0 atom stereocenters. The second kappa shape index (κ2) is 9.96. The average Bonchev–Trinajstić information content (AvgIpc) is 2.64. The van der Waals surface area contributed by atoms with Crippen molar-refractivity contribution in [3.63, 3.8) is 0 Å². The number of aromatic nitrogens is 1. The van der Waals surface area contributed by atoms with Crippen LogP contribution in [-0.2, 0) is 19.4 Å². The van der Waals surface area contributed by atoms with Crippen LogP contribution < -0.4 is 4.74 Å². The number of hydrogen-bond acceptors (Lipinski definition) is 6. The first-order valence-electron chi connectivity index (χ1n) is 9.35. The highest BCUT2D eigenvalue weighted by Gasteiger charge is 2.17. The molecule has 0 aliphatic rings. The van der Waals surface area contributed by atoms with Crippen LogP contribution in [0.5, 0.6) is 5.88 Å². The summed E-state index contributed by atoms with van der Waals surface area (Å²) < 4.78 is 35.2. The number of sulfone groups is 1. The molecule has 0 N–H and O–H groups in total. The first-order chi connectivity index (χ1) is 14.0. The third-order valence-electron chi connectivity index (χ3n) is 3.57. The summed E-state index contributed by atoms with van der Waals surface area (Å²) in [7, 11) is -3.34. The zero-order valence-electron chi connectivity index (χ0n) is 17.4. The summed E-state index contributed by atoms with van der Waals surface area (Å²) in [6.07, 6.45) is 1.92. The molecule has 8 heteroatoms. The lowest BCUT2D eigenvalue weighted by Gasteiger charge is -2.19. The Kier molecular flexibility index (Phi) is 7.88. The number of nitrogens with zero attached hydrogens (tertiary/aromatic N) is 1. The fourth-order valence-electron chi connectivity index (χ4n) is 2.42. The standard InChI is InChI=1S/C22H24ClNO5S/c1-5-11-30(26,27)19-8-6-7-16(12-19)9-10-17-13-18(23)14-24-21(17)28-15-20(25)29-22(2,3)4/h6-8,12-14H,5,11,15H2,1-4H3. The smallest absolute Gasteiger partial charge is 0.344 e. The Morgan fingerprint density at radius 2 is 1.93 bits per heavy atom. The van der Waals surface area contributed by atoms with E-state index in [1.54, 1.807) is 45.0 Å². The predicted octanol–water partition coefficient (Wildman–Crippen LogP) is 4.04. The molecule has 0 saturated heterocycles. The molecule has 0 bridgehead atoms. The molecule has 0 saturated carbocycles. The van der Waals surface area contributed by atoms with Crippen LogP contribution in [0.25, 0.3) is 0 Å². The van der Waals surface area contributed by atoms with E-state index in [4.69, 9.17) is 21.1 Å². The molecule has 2 aromatic rings. The number of pyridine rings is 1. The number of hydrogen-bond donors (Lipinski definition) is 0. The molecule has 1 aromatic heterocycles. The van der Waals surface area contributed by atoms with Gasteiger partial charge in [0, 0.05) is 11.8 Å². The van der Waals surface area contributed by atoms with Crippen molar-refractivity contribution >= 4 is 27.4 Å². The monoisotopic (exact) mass is 449 g/mol. The molecule has 0 aliphatic carbocycles. The topological polar surface area (TPSA) is 82.6 Å². The molecule has 0 aliphatic heterocycles. The fourth-order valence-corrected chi connectivity index (χ4v) is 3.95. The highest BCUT2D eigenvalue weighted by molar-refractivity contribution is 7.91. The maximum absolute atomic E-state index is 12.3. The van der Waals surface area contributed by atoms with Gasteiger partial charge in [-0.25, -0.2) is 18.2 Å². The summed E-state index contributed by atoms with van der Waals surface area (Å²) >= 11 is 6.01. The highest BCUT2D eigenvalue weighted by atomic mass is 35.5. The SMILES string of the molecule is CCCS(=O)(=O)c1cccc(C#Cc2cc(Cl)cnc2OCC(=O)OC(C)(C)C)c1. The zero-order chi connectivity index (χ0) is 22.4. The number of carbonyl (C=O) groups excluding carboxylic acids is 1. The van der Waals surface area contributed by atoms with Crippen molar-refractivity contribution in [1.82, 2.24) is 4.98 Å². The van der Waals surface area contributed by atoms with Crippen LogP contribution >= 0.6 is 11.6 Å². The van der Waals surface area contributed by atoms with Crippen LogP contribution in [0, 0.1) is 11.8 Å². The molecular weight excluding hydrogens is 426 g/mol. The minimum absolute atomic E-state index is 0.0742. The lowest BCUT2D eigenvalue weighted by Crippen LogP contribution is -2.27. The van der Waals surface area contributed by atoms with Crippen molar-refractivity contribution < 1.29 is 22.7 Å². The Balaban J connectivity index is 2.25. The van der Waals surface area contributed by atoms with Crippen LogP contribution in [0.2, 0.25) is 5.02 Å². The second-order valence-corrected chi connectivity index (χ2v) is 10.0. The first-order valence-corrected chi connectivity index (χ1v) is 11.4. The Bertz CT molecular complexity index is 1080. The Morgan fingerprint density at radius 1 is 1.20 bits per heavy atom. The van der Waals surface area contributed by atoms with Crippen molar-refractivity contribution in [3.05, 3.63) is 52.7 Å². The summed E-state index contributed by atoms with van der Waals surface area (Å²) in [4.78, 5) is 16.2. The van der Waals surface area contributed by atoms with Gasteiger partial charge in [-0.2, -0.15) is 0 Å². The number of rotatable bonds is 6. The number of carbonyl (C=O) groups is 1. The summed E-state index contributed by atoms with van der Waals surface area (Å²) in [6, 6.07) is 7.98. The minimum atomic E-state index is -3.34. The van der Waals surface area contributed by atoms with E-state index in [2.05, 4.69) is 16.8 Å². The molecule has 0 unspecified atom stereocenters. The van der Waals surface area contributed by atoms with Gasteiger partial charge in [-0.1, -0.05) is 36.4 Å². The summed E-state index contributed by atoms with van der Waals surface area (Å²) in [5.41, 5.74) is 0.262. The number of halogens is 1. The Labute approximate surface area is 182 Å². The van der Waals surface area contributed by atoms with E-state index in [9.17, 15) is 13.2 Å².